The van der Waals surface area contributed by atoms with E-state index >= 15 is 0 Å². The molecule has 0 saturated heterocycles. The molecule has 0 unspecified atom stereocenters. The highest BCUT2D eigenvalue weighted by atomic mass is 32.2. The van der Waals surface area contributed by atoms with Crippen molar-refractivity contribution in [1.82, 2.24) is 0 Å². The fourth-order valence-electron chi connectivity index (χ4n) is 0.928. The van der Waals surface area contributed by atoms with Crippen molar-refractivity contribution in [3.8, 4) is 0 Å². The predicted octanol–water partition coefficient (Wildman–Crippen LogP) is 1.65. The van der Waals surface area contributed by atoms with E-state index in [1.807, 2.05) is 6.07 Å². The van der Waals surface area contributed by atoms with Crippen molar-refractivity contribution in [2.75, 3.05) is 5.75 Å². The van der Waals surface area contributed by atoms with Gasteiger partial charge in [0.25, 0.3) is 0 Å². The van der Waals surface area contributed by atoms with Crippen molar-refractivity contribution in [3.63, 3.8) is 0 Å². The second-order valence-electron chi connectivity index (χ2n) is 2.91. The molecule has 0 aliphatic heterocycles. The average molecular weight is 226 g/mol. The predicted molar refractivity (Wildman–Crippen MR) is 58.1 cm³/mol. The largest absolute Gasteiger partial charge is 0.328 e. The Balaban J connectivity index is 2.54. The molecule has 0 amide bonds. The summed E-state index contributed by atoms with van der Waals surface area (Å²) in [6.45, 7) is 1.76. The summed E-state index contributed by atoms with van der Waals surface area (Å²) in [5.74, 6) is -0.0348. The van der Waals surface area contributed by atoms with Gasteiger partial charge in [0.2, 0.25) is 0 Å². The van der Waals surface area contributed by atoms with Crippen LogP contribution in [-0.2, 0) is 14.4 Å². The van der Waals surface area contributed by atoms with E-state index in [2.05, 4.69) is 15.7 Å². The first-order valence-corrected chi connectivity index (χ1v) is 6.14. The van der Waals surface area contributed by atoms with Crippen LogP contribution in [0.3, 0.4) is 0 Å². The maximum atomic E-state index is 11.1. The zero-order valence-corrected chi connectivity index (χ0v) is 9.20. The summed E-state index contributed by atoms with van der Waals surface area (Å²) in [5.41, 5.74) is 0.671. The smallest absolute Gasteiger partial charge is 0.268 e. The maximum Gasteiger partial charge on any atom is 0.328 e. The molecule has 0 atom stereocenters. The van der Waals surface area contributed by atoms with Crippen molar-refractivity contribution in [2.45, 2.75) is 13.3 Å². The van der Waals surface area contributed by atoms with Crippen LogP contribution in [0.25, 0.3) is 0 Å². The van der Waals surface area contributed by atoms with Crippen LogP contribution >= 0.6 is 0 Å². The van der Waals surface area contributed by atoms with Crippen LogP contribution in [0.5, 0.6) is 0 Å². The summed E-state index contributed by atoms with van der Waals surface area (Å²) >= 11 is 0. The molecule has 0 saturated carbocycles. The lowest BCUT2D eigenvalue weighted by atomic mass is 10.2. The molecule has 1 rings (SSSR count). The third kappa shape index (κ3) is 4.60. The molecule has 0 fully saturated rings. The van der Waals surface area contributed by atoms with E-state index in [0.717, 1.165) is 0 Å². The molecule has 4 nitrogen and oxygen atoms in total. The van der Waals surface area contributed by atoms with Gasteiger partial charge < -0.3 is 0 Å². The van der Waals surface area contributed by atoms with Crippen LogP contribution in [0.1, 0.15) is 18.9 Å². The number of nitrogens with zero attached hydrogens (tertiary/aromatic N) is 1. The van der Waals surface area contributed by atoms with Crippen molar-refractivity contribution in [1.29, 1.82) is 0 Å². The number of rotatable bonds is 5. The minimum atomic E-state index is -3.53. The van der Waals surface area contributed by atoms with E-state index in [1.54, 1.807) is 31.2 Å². The van der Waals surface area contributed by atoms with E-state index in [1.165, 1.54) is 0 Å². The standard InChI is InChI=1S/C10H12NO3S/c1-2-8-15(12,13)14-11-9-10-6-4-3-5-7-10/h3-7H,2,8H2,1H3. The Morgan fingerprint density at radius 1 is 1.33 bits per heavy atom. The molecule has 81 valence electrons. The van der Waals surface area contributed by atoms with E-state index in [0.29, 0.717) is 12.0 Å². The van der Waals surface area contributed by atoms with Gasteiger partial charge in [0.15, 0.2) is 0 Å². The van der Waals surface area contributed by atoms with Crippen LogP contribution in [0, 0.1) is 0 Å². The van der Waals surface area contributed by atoms with Crippen molar-refractivity contribution >= 4 is 16.3 Å². The lowest BCUT2D eigenvalue weighted by molar-refractivity contribution is 0.341. The first-order valence-electron chi connectivity index (χ1n) is 4.56. The van der Waals surface area contributed by atoms with Crippen LogP contribution < -0.4 is 0 Å². The van der Waals surface area contributed by atoms with Crippen LogP contribution in [0.15, 0.2) is 35.5 Å². The van der Waals surface area contributed by atoms with Gasteiger partial charge in [-0.1, -0.05) is 42.4 Å². The van der Waals surface area contributed by atoms with Gasteiger partial charge in [-0.05, 0) is 6.42 Å². The third-order valence-corrected chi connectivity index (χ3v) is 2.76. The minimum absolute atomic E-state index is 0.0348. The summed E-state index contributed by atoms with van der Waals surface area (Å²) < 4.78 is 26.5. The number of benzene rings is 1. The van der Waals surface area contributed by atoms with Crippen LogP contribution in [-0.4, -0.2) is 20.4 Å². The van der Waals surface area contributed by atoms with Gasteiger partial charge in [-0.2, -0.15) is 8.42 Å². The van der Waals surface area contributed by atoms with Gasteiger partial charge in [-0.15, -0.1) is 0 Å². The highest BCUT2D eigenvalue weighted by Crippen LogP contribution is 1.98. The fraction of sp³-hybridized carbons (Fsp3) is 0.300. The van der Waals surface area contributed by atoms with Gasteiger partial charge >= 0.3 is 10.1 Å². The molecule has 5 heteroatoms. The molecule has 1 radical (unpaired) electrons. The average Bonchev–Trinajstić information content (AvgIpc) is 2.19. The number of hydrogen-bond donors (Lipinski definition) is 0. The zero-order valence-electron chi connectivity index (χ0n) is 8.38. The van der Waals surface area contributed by atoms with Crippen molar-refractivity contribution in [2.24, 2.45) is 5.16 Å². The van der Waals surface area contributed by atoms with Gasteiger partial charge in [0.1, 0.15) is 6.21 Å². The first-order chi connectivity index (χ1) is 7.14. The molecule has 0 aliphatic rings. The summed E-state index contributed by atoms with van der Waals surface area (Å²) in [4.78, 5) is 0. The third-order valence-electron chi connectivity index (χ3n) is 1.55. The Morgan fingerprint density at radius 2 is 2.00 bits per heavy atom. The molecule has 0 spiro atoms. The van der Waals surface area contributed by atoms with Crippen LogP contribution in [0.2, 0.25) is 0 Å². The van der Waals surface area contributed by atoms with E-state index in [-0.39, 0.29) is 5.75 Å². The zero-order chi connectivity index (χ0) is 11.1. The highest BCUT2D eigenvalue weighted by molar-refractivity contribution is 7.86. The Kier molecular flexibility index (Phi) is 4.30. The molecule has 0 heterocycles. The number of hydrogen-bond acceptors (Lipinski definition) is 4. The Labute approximate surface area is 89.7 Å². The summed E-state index contributed by atoms with van der Waals surface area (Å²) in [7, 11) is -3.53. The quantitative estimate of drug-likeness (QED) is 0.566. The van der Waals surface area contributed by atoms with Gasteiger partial charge in [-0.3, -0.25) is 4.28 Å². The molecule has 1 aromatic carbocycles. The molecule has 0 aromatic heterocycles. The minimum Gasteiger partial charge on any atom is -0.268 e. The summed E-state index contributed by atoms with van der Waals surface area (Å²) in [6.07, 6.45) is 2.99. The Hall–Kier alpha value is -1.36. The van der Waals surface area contributed by atoms with Gasteiger partial charge in [0, 0.05) is 5.56 Å². The van der Waals surface area contributed by atoms with Crippen LogP contribution in [0.4, 0.5) is 0 Å². The molecule has 0 N–H and O–H groups in total. The molecular formula is C10H12NO3S. The SMILES string of the molecule is CCCS(=O)(=O)ON=[C]c1ccccc1. The summed E-state index contributed by atoms with van der Waals surface area (Å²) in [6, 6.07) is 8.95. The van der Waals surface area contributed by atoms with E-state index in [4.69, 9.17) is 0 Å². The second kappa shape index (κ2) is 5.50. The van der Waals surface area contributed by atoms with E-state index < -0.39 is 10.1 Å². The normalized spacial score (nSPS) is 11.8. The first kappa shape index (κ1) is 11.7. The molecule has 1 aromatic rings. The topological polar surface area (TPSA) is 55.7 Å². The van der Waals surface area contributed by atoms with Crippen molar-refractivity contribution < 1.29 is 12.7 Å². The Bertz CT molecular complexity index is 412. The highest BCUT2D eigenvalue weighted by Gasteiger charge is 2.08. The molecular weight excluding hydrogens is 214 g/mol. The maximum absolute atomic E-state index is 11.1. The second-order valence-corrected chi connectivity index (χ2v) is 4.58. The monoisotopic (exact) mass is 226 g/mol. The van der Waals surface area contributed by atoms with E-state index in [9.17, 15) is 8.42 Å². The lowest BCUT2D eigenvalue weighted by Crippen LogP contribution is -2.06. The van der Waals surface area contributed by atoms with Crippen molar-refractivity contribution in [3.05, 3.63) is 35.9 Å². The molecule has 0 aliphatic carbocycles. The van der Waals surface area contributed by atoms with Gasteiger partial charge in [-0.25, -0.2) is 0 Å². The fourth-order valence-corrected chi connectivity index (χ4v) is 1.65. The molecule has 15 heavy (non-hydrogen) atoms. The summed E-state index contributed by atoms with van der Waals surface area (Å²) in [5, 5.41) is 3.29. The molecule has 0 bridgehead atoms. The van der Waals surface area contributed by atoms with Gasteiger partial charge in [0.05, 0.1) is 5.75 Å². The lowest BCUT2D eigenvalue weighted by Gasteiger charge is -1.97. The Morgan fingerprint density at radius 3 is 2.60 bits per heavy atom.